The van der Waals surface area contributed by atoms with Gasteiger partial charge in [0.25, 0.3) is 5.69 Å². The SMILES string of the molecule is C#CC(O)/C=C/c1ccccc1[N+](=O)[O-]. The summed E-state index contributed by atoms with van der Waals surface area (Å²) >= 11 is 0. The van der Waals surface area contributed by atoms with Crippen molar-refractivity contribution >= 4 is 11.8 Å². The Kier molecular flexibility index (Phi) is 3.61. The van der Waals surface area contributed by atoms with E-state index in [4.69, 9.17) is 11.5 Å². The lowest BCUT2D eigenvalue weighted by Crippen LogP contribution is -1.96. The van der Waals surface area contributed by atoms with Gasteiger partial charge in [-0.2, -0.15) is 0 Å². The minimum atomic E-state index is -1.02. The van der Waals surface area contributed by atoms with Crippen LogP contribution in [0.3, 0.4) is 0 Å². The number of hydrogen-bond donors (Lipinski definition) is 1. The van der Waals surface area contributed by atoms with Crippen LogP contribution in [0.25, 0.3) is 6.08 Å². The normalized spacial score (nSPS) is 12.3. The predicted molar refractivity (Wildman–Crippen MR) is 57.0 cm³/mol. The molecule has 0 amide bonds. The number of hydrogen-bond acceptors (Lipinski definition) is 3. The van der Waals surface area contributed by atoms with E-state index >= 15 is 0 Å². The van der Waals surface area contributed by atoms with E-state index in [1.165, 1.54) is 18.2 Å². The van der Waals surface area contributed by atoms with Gasteiger partial charge < -0.3 is 5.11 Å². The monoisotopic (exact) mass is 203 g/mol. The summed E-state index contributed by atoms with van der Waals surface area (Å²) in [4.78, 5) is 10.1. The number of nitrogens with zero attached hydrogens (tertiary/aromatic N) is 1. The van der Waals surface area contributed by atoms with E-state index < -0.39 is 11.0 Å². The Hall–Kier alpha value is -2.12. The van der Waals surface area contributed by atoms with Gasteiger partial charge >= 0.3 is 0 Å². The van der Waals surface area contributed by atoms with Crippen LogP contribution in [0.2, 0.25) is 0 Å². The Balaban J connectivity index is 3.00. The number of nitro benzene ring substituents is 1. The predicted octanol–water partition coefficient (Wildman–Crippen LogP) is 1.60. The summed E-state index contributed by atoms with van der Waals surface area (Å²) in [5.41, 5.74) is 0.398. The molecule has 1 aromatic rings. The van der Waals surface area contributed by atoms with Gasteiger partial charge in [0.05, 0.1) is 10.5 Å². The molecule has 15 heavy (non-hydrogen) atoms. The minimum Gasteiger partial charge on any atom is -0.377 e. The molecule has 1 rings (SSSR count). The second-order valence-electron chi connectivity index (χ2n) is 2.79. The Morgan fingerprint density at radius 1 is 1.53 bits per heavy atom. The maximum absolute atomic E-state index is 10.6. The molecule has 1 N–H and O–H groups in total. The van der Waals surface area contributed by atoms with Crippen molar-refractivity contribution in [3.05, 3.63) is 46.0 Å². The van der Waals surface area contributed by atoms with Crippen molar-refractivity contribution in [1.29, 1.82) is 0 Å². The molecular weight excluding hydrogens is 194 g/mol. The van der Waals surface area contributed by atoms with Gasteiger partial charge in [0.2, 0.25) is 0 Å². The van der Waals surface area contributed by atoms with Gasteiger partial charge in [-0.15, -0.1) is 6.42 Å². The van der Waals surface area contributed by atoms with E-state index in [9.17, 15) is 10.1 Å². The summed E-state index contributed by atoms with van der Waals surface area (Å²) < 4.78 is 0. The molecule has 0 fully saturated rings. The highest BCUT2D eigenvalue weighted by molar-refractivity contribution is 5.61. The second kappa shape index (κ2) is 4.94. The van der Waals surface area contributed by atoms with Crippen LogP contribution in [0.4, 0.5) is 5.69 Å². The number of terminal acetylenes is 1. The van der Waals surface area contributed by atoms with Crippen LogP contribution in [-0.2, 0) is 0 Å². The maximum Gasteiger partial charge on any atom is 0.276 e. The average molecular weight is 203 g/mol. The Bertz CT molecular complexity index is 432. The fourth-order valence-corrected chi connectivity index (χ4v) is 1.05. The summed E-state index contributed by atoms with van der Waals surface area (Å²) in [6, 6.07) is 6.22. The molecule has 0 saturated heterocycles. The molecule has 0 aliphatic heterocycles. The second-order valence-corrected chi connectivity index (χ2v) is 2.79. The first-order chi connectivity index (χ1) is 7.15. The van der Waals surface area contributed by atoms with Crippen molar-refractivity contribution in [3.63, 3.8) is 0 Å². The summed E-state index contributed by atoms with van der Waals surface area (Å²) in [5, 5.41) is 19.7. The number of rotatable bonds is 3. The smallest absolute Gasteiger partial charge is 0.276 e. The van der Waals surface area contributed by atoms with E-state index in [-0.39, 0.29) is 5.69 Å². The summed E-state index contributed by atoms with van der Waals surface area (Å²) in [7, 11) is 0. The molecule has 0 aliphatic rings. The van der Waals surface area contributed by atoms with Crippen molar-refractivity contribution in [3.8, 4) is 12.3 Å². The maximum atomic E-state index is 10.6. The van der Waals surface area contributed by atoms with Crippen molar-refractivity contribution in [2.24, 2.45) is 0 Å². The van der Waals surface area contributed by atoms with Gasteiger partial charge in [-0.3, -0.25) is 10.1 Å². The number of nitro groups is 1. The summed E-state index contributed by atoms with van der Waals surface area (Å²) in [6.45, 7) is 0. The fraction of sp³-hybridized carbons (Fsp3) is 0.0909. The third-order valence-corrected chi connectivity index (χ3v) is 1.76. The molecule has 0 heterocycles. The van der Waals surface area contributed by atoms with E-state index in [0.717, 1.165) is 0 Å². The zero-order chi connectivity index (χ0) is 11.3. The topological polar surface area (TPSA) is 63.4 Å². The largest absolute Gasteiger partial charge is 0.377 e. The molecule has 76 valence electrons. The Morgan fingerprint density at radius 3 is 2.80 bits per heavy atom. The lowest BCUT2D eigenvalue weighted by atomic mass is 10.1. The number of benzene rings is 1. The molecule has 0 aromatic heterocycles. The molecule has 0 radical (unpaired) electrons. The van der Waals surface area contributed by atoms with E-state index in [0.29, 0.717) is 5.56 Å². The van der Waals surface area contributed by atoms with Crippen molar-refractivity contribution < 1.29 is 10.0 Å². The number of para-hydroxylation sites is 1. The van der Waals surface area contributed by atoms with Gasteiger partial charge in [0.1, 0.15) is 6.10 Å². The van der Waals surface area contributed by atoms with Crippen molar-refractivity contribution in [1.82, 2.24) is 0 Å². The summed E-state index contributed by atoms with van der Waals surface area (Å²) in [6.07, 6.45) is 6.68. The van der Waals surface area contributed by atoms with Gasteiger partial charge in [0, 0.05) is 6.07 Å². The molecule has 1 atom stereocenters. The molecule has 0 aliphatic carbocycles. The molecule has 1 aromatic carbocycles. The third kappa shape index (κ3) is 2.93. The van der Waals surface area contributed by atoms with E-state index in [1.807, 2.05) is 0 Å². The van der Waals surface area contributed by atoms with Crippen LogP contribution < -0.4 is 0 Å². The minimum absolute atomic E-state index is 0.0158. The van der Waals surface area contributed by atoms with Gasteiger partial charge in [-0.05, 0) is 18.2 Å². The van der Waals surface area contributed by atoms with Gasteiger partial charge in [-0.25, -0.2) is 0 Å². The standard InChI is InChI=1S/C11H9NO3/c1-2-10(13)8-7-9-5-3-4-6-11(9)12(14)15/h1,3-8,10,13H/b8-7+. The molecule has 1 unspecified atom stereocenters. The highest BCUT2D eigenvalue weighted by Crippen LogP contribution is 2.18. The van der Waals surface area contributed by atoms with Crippen LogP contribution in [-0.4, -0.2) is 16.1 Å². The lowest BCUT2D eigenvalue weighted by Gasteiger charge is -1.97. The Labute approximate surface area is 87.0 Å². The van der Waals surface area contributed by atoms with Crippen LogP contribution in [0.15, 0.2) is 30.3 Å². The first-order valence-corrected chi connectivity index (χ1v) is 4.21. The van der Waals surface area contributed by atoms with E-state index in [2.05, 4.69) is 5.92 Å². The first kappa shape index (κ1) is 11.0. The number of aliphatic hydroxyl groups is 1. The zero-order valence-corrected chi connectivity index (χ0v) is 7.83. The molecule has 0 saturated carbocycles. The van der Waals surface area contributed by atoms with E-state index in [1.54, 1.807) is 18.2 Å². The lowest BCUT2D eigenvalue weighted by molar-refractivity contribution is -0.385. The Morgan fingerprint density at radius 2 is 2.20 bits per heavy atom. The molecule has 4 heteroatoms. The van der Waals surface area contributed by atoms with Crippen LogP contribution in [0.5, 0.6) is 0 Å². The quantitative estimate of drug-likeness (QED) is 0.461. The van der Waals surface area contributed by atoms with Crippen molar-refractivity contribution in [2.45, 2.75) is 6.10 Å². The van der Waals surface area contributed by atoms with Crippen LogP contribution >= 0.6 is 0 Å². The fourth-order valence-electron chi connectivity index (χ4n) is 1.05. The van der Waals surface area contributed by atoms with Gasteiger partial charge in [-0.1, -0.05) is 18.1 Å². The molecule has 0 spiro atoms. The van der Waals surface area contributed by atoms with Crippen LogP contribution in [0, 0.1) is 22.5 Å². The average Bonchev–Trinajstić information content (AvgIpc) is 2.26. The highest BCUT2D eigenvalue weighted by atomic mass is 16.6. The molecular formula is C11H9NO3. The molecule has 4 nitrogen and oxygen atoms in total. The first-order valence-electron chi connectivity index (χ1n) is 4.21. The van der Waals surface area contributed by atoms with Gasteiger partial charge in [0.15, 0.2) is 0 Å². The highest BCUT2D eigenvalue weighted by Gasteiger charge is 2.09. The van der Waals surface area contributed by atoms with Crippen LogP contribution in [0.1, 0.15) is 5.56 Å². The third-order valence-electron chi connectivity index (χ3n) is 1.76. The zero-order valence-electron chi connectivity index (χ0n) is 7.83. The van der Waals surface area contributed by atoms with Crippen molar-refractivity contribution in [2.75, 3.05) is 0 Å². The summed E-state index contributed by atoms with van der Waals surface area (Å²) in [5.74, 6) is 2.08. The molecule has 0 bridgehead atoms. The number of aliphatic hydroxyl groups excluding tert-OH is 1.